The summed E-state index contributed by atoms with van der Waals surface area (Å²) in [6.07, 6.45) is 8.86. The molecule has 4 heteroatoms. The molecule has 0 aliphatic rings. The Hall–Kier alpha value is -1.31. The molecule has 1 atom stereocenters. The number of nitrogens with zero attached hydrogens (tertiary/aromatic N) is 2. The molecule has 0 amide bonds. The van der Waals surface area contributed by atoms with Gasteiger partial charge in [0.2, 0.25) is 0 Å². The molecule has 16 heavy (non-hydrogen) atoms. The van der Waals surface area contributed by atoms with Gasteiger partial charge in [0.1, 0.15) is 0 Å². The molecule has 1 unspecified atom stereocenters. The van der Waals surface area contributed by atoms with Crippen LogP contribution in [0.3, 0.4) is 0 Å². The summed E-state index contributed by atoms with van der Waals surface area (Å²) in [4.78, 5) is 0. The number of aromatic nitrogens is 2. The second-order valence-corrected chi connectivity index (χ2v) is 3.85. The van der Waals surface area contributed by atoms with Crippen LogP contribution in [0, 0.1) is 12.3 Å². The number of hydrazine groups is 1. The summed E-state index contributed by atoms with van der Waals surface area (Å²) < 4.78 is 1.89. The summed E-state index contributed by atoms with van der Waals surface area (Å²) in [6, 6.07) is 2.23. The Morgan fingerprint density at radius 2 is 2.44 bits per heavy atom. The minimum absolute atomic E-state index is 0.131. The van der Waals surface area contributed by atoms with Gasteiger partial charge in [-0.3, -0.25) is 16.0 Å². The van der Waals surface area contributed by atoms with E-state index in [9.17, 15) is 0 Å². The van der Waals surface area contributed by atoms with Crippen molar-refractivity contribution in [1.29, 1.82) is 0 Å². The predicted molar refractivity (Wildman–Crippen MR) is 65.3 cm³/mol. The molecule has 3 N–H and O–H groups in total. The van der Waals surface area contributed by atoms with Crippen molar-refractivity contribution in [2.24, 2.45) is 12.9 Å². The number of terminal acetylenes is 1. The average Bonchev–Trinajstić information content (AvgIpc) is 2.66. The van der Waals surface area contributed by atoms with Gasteiger partial charge in [0, 0.05) is 13.5 Å². The van der Waals surface area contributed by atoms with E-state index in [1.54, 1.807) is 0 Å². The van der Waals surface area contributed by atoms with Gasteiger partial charge in [0.15, 0.2) is 0 Å². The van der Waals surface area contributed by atoms with Crippen LogP contribution in [0.25, 0.3) is 0 Å². The quantitative estimate of drug-likeness (QED) is 0.329. The van der Waals surface area contributed by atoms with E-state index >= 15 is 0 Å². The van der Waals surface area contributed by atoms with Crippen molar-refractivity contribution in [3.8, 4) is 12.3 Å². The molecule has 0 radical (unpaired) electrons. The monoisotopic (exact) mass is 220 g/mol. The van der Waals surface area contributed by atoms with E-state index in [4.69, 9.17) is 12.3 Å². The zero-order chi connectivity index (χ0) is 12.0. The first kappa shape index (κ1) is 12.8. The van der Waals surface area contributed by atoms with Crippen LogP contribution in [0.4, 0.5) is 0 Å². The fourth-order valence-electron chi connectivity index (χ4n) is 1.77. The van der Waals surface area contributed by atoms with E-state index in [1.165, 1.54) is 0 Å². The van der Waals surface area contributed by atoms with E-state index in [0.717, 1.165) is 37.1 Å². The fraction of sp³-hybridized carbons (Fsp3) is 0.583. The molecular formula is C12H20N4. The number of nitrogens with two attached hydrogens (primary N) is 1. The van der Waals surface area contributed by atoms with Crippen molar-refractivity contribution < 1.29 is 0 Å². The first-order valence-corrected chi connectivity index (χ1v) is 5.65. The molecule has 1 heterocycles. The van der Waals surface area contributed by atoms with E-state index in [2.05, 4.69) is 29.4 Å². The van der Waals surface area contributed by atoms with Crippen molar-refractivity contribution in [2.45, 2.75) is 38.6 Å². The van der Waals surface area contributed by atoms with Crippen LogP contribution in [-0.2, 0) is 13.5 Å². The summed E-state index contributed by atoms with van der Waals surface area (Å²) in [7, 11) is 1.94. The summed E-state index contributed by atoms with van der Waals surface area (Å²) in [6.45, 7) is 2.09. The standard InChI is InChI=1S/C12H20N4/c1-4-6-7-8-11(14-13)12-9-10(5-2)15-16(12)3/h1,9,11,14H,5-8,13H2,2-3H3. The average molecular weight is 220 g/mol. The molecule has 0 aliphatic heterocycles. The highest BCUT2D eigenvalue weighted by Crippen LogP contribution is 2.19. The molecule has 0 saturated carbocycles. The third-order valence-electron chi connectivity index (χ3n) is 2.70. The normalized spacial score (nSPS) is 12.4. The second kappa shape index (κ2) is 6.31. The third-order valence-corrected chi connectivity index (χ3v) is 2.70. The van der Waals surface area contributed by atoms with Gasteiger partial charge in [-0.25, -0.2) is 0 Å². The highest BCUT2D eigenvalue weighted by atomic mass is 15.3. The summed E-state index contributed by atoms with van der Waals surface area (Å²) in [5, 5.41) is 4.41. The first-order valence-electron chi connectivity index (χ1n) is 5.65. The van der Waals surface area contributed by atoms with Gasteiger partial charge in [-0.15, -0.1) is 12.3 Å². The molecule has 88 valence electrons. The highest BCUT2D eigenvalue weighted by molar-refractivity contribution is 5.14. The SMILES string of the molecule is C#CCCCC(NN)c1cc(CC)nn1C. The van der Waals surface area contributed by atoms with Crippen molar-refractivity contribution >= 4 is 0 Å². The Bertz CT molecular complexity index is 362. The van der Waals surface area contributed by atoms with Crippen LogP contribution < -0.4 is 11.3 Å². The highest BCUT2D eigenvalue weighted by Gasteiger charge is 2.14. The lowest BCUT2D eigenvalue weighted by molar-refractivity contribution is 0.469. The zero-order valence-electron chi connectivity index (χ0n) is 10.0. The first-order chi connectivity index (χ1) is 7.72. The minimum atomic E-state index is 0.131. The molecule has 0 aromatic carbocycles. The van der Waals surface area contributed by atoms with E-state index in [-0.39, 0.29) is 6.04 Å². The third kappa shape index (κ3) is 3.09. The molecule has 0 fully saturated rings. The van der Waals surface area contributed by atoms with Gasteiger partial charge >= 0.3 is 0 Å². The van der Waals surface area contributed by atoms with Gasteiger partial charge in [-0.1, -0.05) is 6.92 Å². The minimum Gasteiger partial charge on any atom is -0.271 e. The number of rotatable bonds is 6. The Balaban J connectivity index is 2.70. The molecule has 0 aliphatic carbocycles. The number of hydrogen-bond acceptors (Lipinski definition) is 3. The van der Waals surface area contributed by atoms with Crippen LogP contribution in [0.15, 0.2) is 6.07 Å². The van der Waals surface area contributed by atoms with Crippen molar-refractivity contribution in [2.75, 3.05) is 0 Å². The Labute approximate surface area is 97.2 Å². The molecule has 1 aromatic rings. The van der Waals surface area contributed by atoms with Crippen LogP contribution in [0.2, 0.25) is 0 Å². The molecule has 4 nitrogen and oxygen atoms in total. The molecule has 0 spiro atoms. The van der Waals surface area contributed by atoms with E-state index in [1.807, 2.05) is 11.7 Å². The van der Waals surface area contributed by atoms with E-state index < -0.39 is 0 Å². The van der Waals surface area contributed by atoms with Crippen LogP contribution in [-0.4, -0.2) is 9.78 Å². The largest absolute Gasteiger partial charge is 0.271 e. The lowest BCUT2D eigenvalue weighted by Crippen LogP contribution is -2.29. The Morgan fingerprint density at radius 3 is 2.94 bits per heavy atom. The van der Waals surface area contributed by atoms with Crippen molar-refractivity contribution in [3.05, 3.63) is 17.5 Å². The van der Waals surface area contributed by atoms with Crippen LogP contribution in [0.5, 0.6) is 0 Å². The maximum atomic E-state index is 5.56. The molecule has 1 aromatic heterocycles. The summed E-state index contributed by atoms with van der Waals surface area (Å²) >= 11 is 0. The van der Waals surface area contributed by atoms with Gasteiger partial charge in [-0.05, 0) is 25.3 Å². The summed E-state index contributed by atoms with van der Waals surface area (Å²) in [5.74, 6) is 8.20. The second-order valence-electron chi connectivity index (χ2n) is 3.85. The number of aryl methyl sites for hydroxylation is 2. The molecule has 1 rings (SSSR count). The summed E-state index contributed by atoms with van der Waals surface area (Å²) in [5.41, 5.74) is 5.04. The predicted octanol–water partition coefficient (Wildman–Crippen LogP) is 1.29. The topological polar surface area (TPSA) is 55.9 Å². The lowest BCUT2D eigenvalue weighted by Gasteiger charge is -2.15. The lowest BCUT2D eigenvalue weighted by atomic mass is 10.1. The number of unbranched alkanes of at least 4 members (excludes halogenated alkanes) is 1. The molecule has 0 saturated heterocycles. The van der Waals surface area contributed by atoms with E-state index in [0.29, 0.717) is 0 Å². The number of nitrogens with one attached hydrogen (secondary N) is 1. The van der Waals surface area contributed by atoms with Crippen molar-refractivity contribution in [1.82, 2.24) is 15.2 Å². The Morgan fingerprint density at radius 1 is 1.69 bits per heavy atom. The number of hydrogen-bond donors (Lipinski definition) is 2. The van der Waals surface area contributed by atoms with Crippen LogP contribution in [0.1, 0.15) is 43.6 Å². The van der Waals surface area contributed by atoms with Gasteiger partial charge in [0.25, 0.3) is 0 Å². The molecule has 0 bridgehead atoms. The van der Waals surface area contributed by atoms with Crippen molar-refractivity contribution in [3.63, 3.8) is 0 Å². The van der Waals surface area contributed by atoms with Gasteiger partial charge in [-0.2, -0.15) is 5.10 Å². The van der Waals surface area contributed by atoms with Gasteiger partial charge < -0.3 is 0 Å². The smallest absolute Gasteiger partial charge is 0.0629 e. The zero-order valence-corrected chi connectivity index (χ0v) is 10.0. The van der Waals surface area contributed by atoms with Gasteiger partial charge in [0.05, 0.1) is 17.4 Å². The fourth-order valence-corrected chi connectivity index (χ4v) is 1.77. The van der Waals surface area contributed by atoms with Crippen LogP contribution >= 0.6 is 0 Å². The maximum Gasteiger partial charge on any atom is 0.0629 e. The maximum absolute atomic E-state index is 5.56. The molecular weight excluding hydrogens is 200 g/mol. The Kier molecular flexibility index (Phi) is 5.03.